The van der Waals surface area contributed by atoms with Crippen LogP contribution < -0.4 is 0 Å². The topological polar surface area (TPSA) is 0 Å². The molecule has 0 saturated carbocycles. The quantitative estimate of drug-likeness (QED) is 0.678. The molecule has 1 unspecified atom stereocenters. The molecule has 3 rings (SSSR count). The first kappa shape index (κ1) is 17.0. The van der Waals surface area contributed by atoms with Crippen LogP contribution in [0.3, 0.4) is 0 Å². The monoisotopic (exact) mass is 370 g/mol. The third-order valence-corrected chi connectivity index (χ3v) is 7.60. The predicted molar refractivity (Wildman–Crippen MR) is 83.8 cm³/mol. The van der Waals surface area contributed by atoms with Crippen LogP contribution in [0.4, 0.5) is 0 Å². The fourth-order valence-electron chi connectivity index (χ4n) is 2.85. The van der Waals surface area contributed by atoms with Crippen LogP contribution in [0, 0.1) is 0 Å². The van der Waals surface area contributed by atoms with E-state index in [1.807, 2.05) is 0 Å². The van der Waals surface area contributed by atoms with Crippen LogP contribution in [0.2, 0.25) is 0 Å². The minimum Gasteiger partial charge on any atom is -0.147 e. The standard InChI is InChI=1S/C11H11.C5H5.2ClH.Zr/c1-8-7-9(2)11-6-4-3-5-10(8)11;1-2-4-5-3-1;;;/h3-7H,1-2H3;1-3H,4H2;2*1H;. The van der Waals surface area contributed by atoms with E-state index in [0.717, 1.165) is 0 Å². The van der Waals surface area contributed by atoms with Crippen molar-refractivity contribution in [3.63, 3.8) is 0 Å². The summed E-state index contributed by atoms with van der Waals surface area (Å²) in [5.41, 5.74) is 4.51. The van der Waals surface area contributed by atoms with Crippen LogP contribution in [0.5, 0.6) is 0 Å². The van der Waals surface area contributed by atoms with Crippen molar-refractivity contribution in [3.05, 3.63) is 63.0 Å². The number of rotatable bonds is 2. The maximum atomic E-state index is 2.52. The van der Waals surface area contributed by atoms with Gasteiger partial charge in [-0.15, -0.1) is 24.8 Å². The average Bonchev–Trinajstić information content (AvgIpc) is 2.89. The summed E-state index contributed by atoms with van der Waals surface area (Å²) in [5.74, 6) is 0. The molecule has 0 N–H and O–H groups in total. The Balaban J connectivity index is 0.000000902. The van der Waals surface area contributed by atoms with Crippen molar-refractivity contribution in [2.75, 3.05) is 0 Å². The molecule has 3 heteroatoms. The Hall–Kier alpha value is -0.0969. The first-order chi connectivity index (χ1) is 8.19. The Morgan fingerprint density at radius 1 is 1.16 bits per heavy atom. The third kappa shape index (κ3) is 3.15. The van der Waals surface area contributed by atoms with Crippen LogP contribution in [0.15, 0.2) is 51.9 Å². The Kier molecular flexibility index (Phi) is 5.86. The van der Waals surface area contributed by atoms with Gasteiger partial charge in [-0.2, -0.15) is 0 Å². The molecular formula is C16H18Cl2Zr. The molecule has 0 nitrogen and oxygen atoms in total. The fraction of sp³-hybridized carbons (Fsp3) is 0.250. The van der Waals surface area contributed by atoms with Gasteiger partial charge in [-0.3, -0.25) is 0 Å². The molecule has 1 aromatic rings. The van der Waals surface area contributed by atoms with Crippen molar-refractivity contribution in [2.45, 2.75) is 23.4 Å². The molecular weight excluding hydrogens is 354 g/mol. The molecule has 0 spiro atoms. The van der Waals surface area contributed by atoms with Gasteiger partial charge in [0.15, 0.2) is 0 Å². The summed E-state index contributed by atoms with van der Waals surface area (Å²) < 4.78 is 2.08. The van der Waals surface area contributed by atoms with Gasteiger partial charge in [0.1, 0.15) is 0 Å². The smallest absolute Gasteiger partial charge is 0.147 e. The van der Waals surface area contributed by atoms with E-state index in [-0.39, 0.29) is 24.8 Å². The van der Waals surface area contributed by atoms with Crippen molar-refractivity contribution in [1.29, 1.82) is 0 Å². The Morgan fingerprint density at radius 3 is 2.58 bits per heavy atom. The van der Waals surface area contributed by atoms with E-state index >= 15 is 0 Å². The Bertz CT molecular complexity index is 558. The zero-order valence-corrected chi connectivity index (χ0v) is 15.2. The first-order valence-corrected chi connectivity index (χ1v) is 8.58. The summed E-state index contributed by atoms with van der Waals surface area (Å²) >= 11 is -0.564. The normalized spacial score (nSPS) is 22.8. The van der Waals surface area contributed by atoms with Crippen LogP contribution in [0.25, 0.3) is 5.57 Å². The van der Waals surface area contributed by atoms with Crippen molar-refractivity contribution in [3.8, 4) is 0 Å². The number of hydrogen-bond acceptors (Lipinski definition) is 0. The number of hydrogen-bond donors (Lipinski definition) is 0. The molecule has 0 fully saturated rings. The summed E-state index contributed by atoms with van der Waals surface area (Å²) in [6.45, 7) is 4.69. The minimum atomic E-state index is -0.564. The summed E-state index contributed by atoms with van der Waals surface area (Å²) in [7, 11) is 0. The largest absolute Gasteiger partial charge is 0.147 e. The second-order valence-electron chi connectivity index (χ2n) is 5.02. The molecule has 0 amide bonds. The maximum absolute atomic E-state index is 2.52. The van der Waals surface area contributed by atoms with E-state index in [4.69, 9.17) is 0 Å². The molecule has 0 aliphatic heterocycles. The van der Waals surface area contributed by atoms with Crippen molar-refractivity contribution in [2.24, 2.45) is 0 Å². The number of benzene rings is 1. The summed E-state index contributed by atoms with van der Waals surface area (Å²) in [4.78, 5) is 0. The van der Waals surface area contributed by atoms with E-state index in [1.165, 1.54) is 17.6 Å². The SMILES string of the molecule is CC1=C[C](C)([Zr][C]2=CC=CC2)c2ccccc21.Cl.Cl. The molecule has 19 heavy (non-hydrogen) atoms. The number of halogens is 2. The second-order valence-corrected chi connectivity index (χ2v) is 9.77. The molecule has 2 aliphatic rings. The molecule has 0 heterocycles. The van der Waals surface area contributed by atoms with E-state index in [2.05, 4.69) is 62.4 Å². The van der Waals surface area contributed by atoms with Crippen LogP contribution in [-0.4, -0.2) is 0 Å². The second kappa shape index (κ2) is 6.57. The van der Waals surface area contributed by atoms with Gasteiger partial charge in [0.2, 0.25) is 0 Å². The zero-order valence-electron chi connectivity index (χ0n) is 11.1. The molecule has 1 atom stereocenters. The van der Waals surface area contributed by atoms with Crippen molar-refractivity contribution in [1.82, 2.24) is 0 Å². The van der Waals surface area contributed by atoms with E-state index in [9.17, 15) is 0 Å². The first-order valence-electron chi connectivity index (χ1n) is 6.12. The average molecular weight is 372 g/mol. The van der Waals surface area contributed by atoms with Gasteiger partial charge >= 0.3 is 115 Å². The minimum absolute atomic E-state index is 0. The van der Waals surface area contributed by atoms with Gasteiger partial charge in [0.05, 0.1) is 0 Å². The Morgan fingerprint density at radius 2 is 1.89 bits per heavy atom. The molecule has 0 aromatic heterocycles. The Labute approximate surface area is 139 Å². The molecule has 0 bridgehead atoms. The van der Waals surface area contributed by atoms with E-state index in [0.29, 0.717) is 3.12 Å². The van der Waals surface area contributed by atoms with Crippen LogP contribution >= 0.6 is 24.8 Å². The van der Waals surface area contributed by atoms with Gasteiger partial charge < -0.3 is 0 Å². The third-order valence-electron chi connectivity index (χ3n) is 3.61. The molecule has 0 saturated heterocycles. The number of allylic oxidation sites excluding steroid dienone is 6. The maximum Gasteiger partial charge on any atom is -0.147 e. The zero-order chi connectivity index (χ0) is 11.9. The number of fused-ring (bicyclic) bond motifs is 1. The van der Waals surface area contributed by atoms with Crippen LogP contribution in [0.1, 0.15) is 31.4 Å². The molecule has 0 radical (unpaired) electrons. The van der Waals surface area contributed by atoms with Gasteiger partial charge in [0, 0.05) is 0 Å². The van der Waals surface area contributed by atoms with Gasteiger partial charge in [-0.1, -0.05) is 0 Å². The summed E-state index contributed by atoms with van der Waals surface area (Å²) in [6.07, 6.45) is 10.6. The van der Waals surface area contributed by atoms with Crippen LogP contribution in [-0.2, 0) is 26.4 Å². The summed E-state index contributed by atoms with van der Waals surface area (Å²) in [6, 6.07) is 8.94. The molecule has 2 aliphatic carbocycles. The van der Waals surface area contributed by atoms with Gasteiger partial charge in [-0.05, 0) is 0 Å². The van der Waals surface area contributed by atoms with E-state index < -0.39 is 23.2 Å². The predicted octanol–water partition coefficient (Wildman–Crippen LogP) is 5.09. The molecule has 100 valence electrons. The van der Waals surface area contributed by atoms with Gasteiger partial charge in [-0.25, -0.2) is 0 Å². The van der Waals surface area contributed by atoms with Crippen molar-refractivity contribution < 1.29 is 23.2 Å². The fourth-order valence-corrected chi connectivity index (χ4v) is 7.04. The van der Waals surface area contributed by atoms with Crippen molar-refractivity contribution >= 4 is 30.4 Å². The molecule has 1 aromatic carbocycles. The summed E-state index contributed by atoms with van der Waals surface area (Å²) in [5, 5.41) is 0. The van der Waals surface area contributed by atoms with E-state index in [1.54, 1.807) is 8.84 Å². The van der Waals surface area contributed by atoms with Gasteiger partial charge in [0.25, 0.3) is 0 Å².